The summed E-state index contributed by atoms with van der Waals surface area (Å²) in [5.41, 5.74) is 2.54. The van der Waals surface area contributed by atoms with Gasteiger partial charge in [-0.1, -0.05) is 12.1 Å². The fraction of sp³-hybridized carbons (Fsp3) is 0.400. The molecule has 1 fully saturated rings. The van der Waals surface area contributed by atoms with Gasteiger partial charge in [0.05, 0.1) is 11.7 Å². The maximum Gasteiger partial charge on any atom is 0.255 e. The molecule has 1 aromatic carbocycles. The van der Waals surface area contributed by atoms with Crippen LogP contribution in [0.5, 0.6) is 0 Å². The number of carbonyl (C=O) groups excluding carboxylic acids is 1. The molecule has 3 rings (SSSR count). The number of likely N-dealkylation sites (tertiary alicyclic amines) is 1. The van der Waals surface area contributed by atoms with Crippen LogP contribution in [0.25, 0.3) is 0 Å². The molecule has 25 heavy (non-hydrogen) atoms. The zero-order valence-corrected chi connectivity index (χ0v) is 14.6. The van der Waals surface area contributed by atoms with Crippen LogP contribution in [0, 0.1) is 18.7 Å². The molecule has 0 radical (unpaired) electrons. The number of nitrogens with zero attached hydrogens (tertiary/aromatic N) is 2. The Morgan fingerprint density at radius 2 is 2.20 bits per heavy atom. The Hall–Kier alpha value is -2.27. The van der Waals surface area contributed by atoms with Gasteiger partial charge < -0.3 is 9.64 Å². The average molecular weight is 342 g/mol. The molecule has 0 spiro atoms. The number of aromatic nitrogens is 1. The standard InChI is InChI=1S/C20H23FN2O2/c1-14-8-17(12-22-11-14)20(24)23-7-6-16(19(13-23)25-2)9-15-4-3-5-18(21)10-15/h3-5,8,10-12,16,19H,6-7,9,13H2,1-2H3/t16-,19-/m1/s1. The Balaban J connectivity index is 1.68. The molecule has 0 N–H and O–H groups in total. The molecule has 5 heteroatoms. The van der Waals surface area contributed by atoms with E-state index in [0.29, 0.717) is 18.7 Å². The zero-order valence-electron chi connectivity index (χ0n) is 14.6. The molecule has 0 unspecified atom stereocenters. The number of piperidine rings is 1. The van der Waals surface area contributed by atoms with Gasteiger partial charge in [0.2, 0.25) is 0 Å². The van der Waals surface area contributed by atoms with Gasteiger partial charge in [-0.2, -0.15) is 0 Å². The summed E-state index contributed by atoms with van der Waals surface area (Å²) >= 11 is 0. The number of pyridine rings is 1. The summed E-state index contributed by atoms with van der Waals surface area (Å²) in [6.07, 6.45) is 4.87. The van der Waals surface area contributed by atoms with Crippen molar-refractivity contribution in [2.75, 3.05) is 20.2 Å². The minimum Gasteiger partial charge on any atom is -0.379 e. The molecular formula is C20H23FN2O2. The largest absolute Gasteiger partial charge is 0.379 e. The minimum absolute atomic E-state index is 0.0116. The summed E-state index contributed by atoms with van der Waals surface area (Å²) in [6, 6.07) is 8.55. The molecule has 0 bridgehead atoms. The molecule has 4 nitrogen and oxygen atoms in total. The maximum absolute atomic E-state index is 13.4. The molecule has 2 aromatic rings. The van der Waals surface area contributed by atoms with Crippen LogP contribution in [-0.2, 0) is 11.2 Å². The van der Waals surface area contributed by atoms with E-state index in [-0.39, 0.29) is 23.7 Å². The zero-order chi connectivity index (χ0) is 17.8. The van der Waals surface area contributed by atoms with Crippen LogP contribution in [0.3, 0.4) is 0 Å². The van der Waals surface area contributed by atoms with Crippen LogP contribution in [0.1, 0.15) is 27.9 Å². The van der Waals surface area contributed by atoms with Crippen LogP contribution in [0.15, 0.2) is 42.7 Å². The maximum atomic E-state index is 13.4. The van der Waals surface area contributed by atoms with Crippen molar-refractivity contribution in [3.05, 3.63) is 65.2 Å². The van der Waals surface area contributed by atoms with Gasteiger partial charge >= 0.3 is 0 Å². The average Bonchev–Trinajstić information content (AvgIpc) is 2.61. The van der Waals surface area contributed by atoms with Crippen molar-refractivity contribution in [2.45, 2.75) is 25.9 Å². The van der Waals surface area contributed by atoms with E-state index >= 15 is 0 Å². The van der Waals surface area contributed by atoms with Crippen molar-refractivity contribution in [2.24, 2.45) is 5.92 Å². The first-order chi connectivity index (χ1) is 12.1. The Kier molecular flexibility index (Phi) is 5.43. The lowest BCUT2D eigenvalue weighted by Crippen LogP contribution is -2.48. The molecule has 1 aromatic heterocycles. The van der Waals surface area contributed by atoms with E-state index in [1.807, 2.05) is 24.0 Å². The van der Waals surface area contributed by atoms with Crippen molar-refractivity contribution in [3.8, 4) is 0 Å². The van der Waals surface area contributed by atoms with Crippen LogP contribution in [0.4, 0.5) is 4.39 Å². The summed E-state index contributed by atoms with van der Waals surface area (Å²) in [5, 5.41) is 0. The van der Waals surface area contributed by atoms with Gasteiger partial charge in [0, 0.05) is 32.6 Å². The van der Waals surface area contributed by atoms with E-state index < -0.39 is 0 Å². The predicted molar refractivity (Wildman–Crippen MR) is 93.9 cm³/mol. The normalized spacial score (nSPS) is 20.5. The van der Waals surface area contributed by atoms with Gasteiger partial charge in [0.25, 0.3) is 5.91 Å². The molecule has 0 aliphatic carbocycles. The van der Waals surface area contributed by atoms with Crippen molar-refractivity contribution < 1.29 is 13.9 Å². The third kappa shape index (κ3) is 4.23. The SMILES string of the molecule is CO[C@@H]1CN(C(=O)c2cncc(C)c2)CC[C@@H]1Cc1cccc(F)c1. The molecular weight excluding hydrogens is 319 g/mol. The second kappa shape index (κ2) is 7.74. The highest BCUT2D eigenvalue weighted by Crippen LogP contribution is 2.25. The van der Waals surface area contributed by atoms with Crippen LogP contribution in [-0.4, -0.2) is 42.1 Å². The second-order valence-corrected chi connectivity index (χ2v) is 6.66. The predicted octanol–water partition coefficient (Wildman–Crippen LogP) is 3.25. The van der Waals surface area contributed by atoms with E-state index in [1.54, 1.807) is 31.6 Å². The fourth-order valence-electron chi connectivity index (χ4n) is 3.47. The van der Waals surface area contributed by atoms with Crippen LogP contribution in [0.2, 0.25) is 0 Å². The van der Waals surface area contributed by atoms with E-state index in [2.05, 4.69) is 4.98 Å². The first-order valence-corrected chi connectivity index (χ1v) is 8.55. The minimum atomic E-state index is -0.217. The van der Waals surface area contributed by atoms with Gasteiger partial charge in [-0.3, -0.25) is 9.78 Å². The highest BCUT2D eigenvalue weighted by atomic mass is 19.1. The van der Waals surface area contributed by atoms with Crippen LogP contribution >= 0.6 is 0 Å². The third-order valence-electron chi connectivity index (χ3n) is 4.79. The number of aryl methyl sites for hydroxylation is 1. The molecule has 1 aliphatic rings. The summed E-state index contributed by atoms with van der Waals surface area (Å²) in [6.45, 7) is 3.14. The number of methoxy groups -OCH3 is 1. The first kappa shape index (κ1) is 17.5. The Morgan fingerprint density at radius 1 is 1.36 bits per heavy atom. The molecule has 1 aliphatic heterocycles. The number of amides is 1. The number of carbonyl (C=O) groups is 1. The highest BCUT2D eigenvalue weighted by Gasteiger charge is 2.32. The molecule has 2 heterocycles. The van der Waals surface area contributed by atoms with E-state index in [4.69, 9.17) is 4.74 Å². The second-order valence-electron chi connectivity index (χ2n) is 6.66. The highest BCUT2D eigenvalue weighted by molar-refractivity contribution is 5.94. The topological polar surface area (TPSA) is 42.4 Å². The number of hydrogen-bond acceptors (Lipinski definition) is 3. The van der Waals surface area contributed by atoms with Crippen molar-refractivity contribution in [1.82, 2.24) is 9.88 Å². The third-order valence-corrected chi connectivity index (χ3v) is 4.79. The quantitative estimate of drug-likeness (QED) is 0.857. The van der Waals surface area contributed by atoms with E-state index in [9.17, 15) is 9.18 Å². The Morgan fingerprint density at radius 3 is 2.92 bits per heavy atom. The Bertz CT molecular complexity index is 750. The summed E-state index contributed by atoms with van der Waals surface area (Å²) < 4.78 is 19.0. The van der Waals surface area contributed by atoms with E-state index in [0.717, 1.165) is 24.0 Å². The fourth-order valence-corrected chi connectivity index (χ4v) is 3.47. The monoisotopic (exact) mass is 342 g/mol. The van der Waals surface area contributed by atoms with Crippen molar-refractivity contribution in [3.63, 3.8) is 0 Å². The van der Waals surface area contributed by atoms with Crippen molar-refractivity contribution in [1.29, 1.82) is 0 Å². The van der Waals surface area contributed by atoms with Crippen LogP contribution < -0.4 is 0 Å². The van der Waals surface area contributed by atoms with Crippen molar-refractivity contribution >= 4 is 5.91 Å². The van der Waals surface area contributed by atoms with E-state index in [1.165, 1.54) is 6.07 Å². The molecule has 1 saturated heterocycles. The first-order valence-electron chi connectivity index (χ1n) is 8.55. The molecule has 2 atom stereocenters. The number of ether oxygens (including phenoxy) is 1. The Labute approximate surface area is 147 Å². The number of halogens is 1. The summed E-state index contributed by atoms with van der Waals surface area (Å²) in [4.78, 5) is 18.6. The lowest BCUT2D eigenvalue weighted by molar-refractivity contribution is -0.00699. The molecule has 1 amide bonds. The molecule has 0 saturated carbocycles. The number of benzene rings is 1. The van der Waals surface area contributed by atoms with Gasteiger partial charge in [-0.05, 0) is 55.0 Å². The van der Waals surface area contributed by atoms with Gasteiger partial charge in [0.1, 0.15) is 5.82 Å². The van der Waals surface area contributed by atoms with Gasteiger partial charge in [-0.15, -0.1) is 0 Å². The number of hydrogen-bond donors (Lipinski definition) is 0. The van der Waals surface area contributed by atoms with Gasteiger partial charge in [0.15, 0.2) is 0 Å². The summed E-state index contributed by atoms with van der Waals surface area (Å²) in [5.74, 6) is 0.0416. The summed E-state index contributed by atoms with van der Waals surface area (Å²) in [7, 11) is 1.67. The smallest absolute Gasteiger partial charge is 0.255 e. The lowest BCUT2D eigenvalue weighted by Gasteiger charge is -2.38. The molecule has 132 valence electrons. The van der Waals surface area contributed by atoms with Gasteiger partial charge in [-0.25, -0.2) is 4.39 Å². The number of rotatable bonds is 4. The lowest BCUT2D eigenvalue weighted by atomic mass is 9.87.